The fourth-order valence-electron chi connectivity index (χ4n) is 2.70. The summed E-state index contributed by atoms with van der Waals surface area (Å²) in [6.07, 6.45) is 4.18. The third kappa shape index (κ3) is 3.36. The van der Waals surface area contributed by atoms with Crippen LogP contribution in [0.3, 0.4) is 0 Å². The highest BCUT2D eigenvalue weighted by Gasteiger charge is 2.13. The second kappa shape index (κ2) is 7.28. The van der Waals surface area contributed by atoms with E-state index in [2.05, 4.69) is 61.0 Å². The molecule has 0 radical (unpaired) electrons. The Morgan fingerprint density at radius 2 is 1.20 bits per heavy atom. The summed E-state index contributed by atoms with van der Waals surface area (Å²) in [4.78, 5) is 12.1. The van der Waals surface area contributed by atoms with Gasteiger partial charge in [-0.05, 0) is 36.8 Å². The second-order valence-electron chi connectivity index (χ2n) is 5.48. The van der Waals surface area contributed by atoms with Crippen LogP contribution in [0.4, 0.5) is 0 Å². The smallest absolute Gasteiger partial charge is 0.115 e. The maximum atomic E-state index is 4.90. The van der Waals surface area contributed by atoms with Gasteiger partial charge in [0.05, 0.1) is 11.0 Å². The third-order valence-corrected chi connectivity index (χ3v) is 6.68. The highest BCUT2D eigenvalue weighted by molar-refractivity contribution is 8.03. The van der Waals surface area contributed by atoms with Crippen molar-refractivity contribution in [2.45, 2.75) is 19.8 Å². The molecule has 0 unspecified atom stereocenters. The first-order valence-corrected chi connectivity index (χ1v) is 11.1. The van der Waals surface area contributed by atoms with E-state index < -0.39 is 0 Å². The van der Waals surface area contributed by atoms with Crippen LogP contribution in [0, 0.1) is 0 Å². The monoisotopic (exact) mass is 380 g/mol. The van der Waals surface area contributed by atoms with Crippen LogP contribution in [0.1, 0.15) is 0 Å². The van der Waals surface area contributed by atoms with Crippen LogP contribution in [0.5, 0.6) is 0 Å². The van der Waals surface area contributed by atoms with Gasteiger partial charge in [0.2, 0.25) is 0 Å². The SMILES string of the molecule is CSc1cc2ccccc2nc1Sc1cc2ccccc2nc1SC. The van der Waals surface area contributed by atoms with Crippen LogP contribution in [-0.2, 0) is 0 Å². The Morgan fingerprint density at radius 3 is 1.80 bits per heavy atom. The topological polar surface area (TPSA) is 25.8 Å². The molecular weight excluding hydrogens is 364 g/mol. The number of pyridine rings is 2. The molecule has 0 saturated carbocycles. The van der Waals surface area contributed by atoms with Gasteiger partial charge in [-0.1, -0.05) is 48.2 Å². The Kier molecular flexibility index (Phi) is 4.88. The van der Waals surface area contributed by atoms with Crippen LogP contribution >= 0.6 is 35.3 Å². The van der Waals surface area contributed by atoms with Crippen molar-refractivity contribution in [1.29, 1.82) is 0 Å². The summed E-state index contributed by atoms with van der Waals surface area (Å²) >= 11 is 5.12. The van der Waals surface area contributed by atoms with E-state index in [0.717, 1.165) is 31.4 Å². The van der Waals surface area contributed by atoms with E-state index in [1.165, 1.54) is 10.3 Å². The minimum atomic E-state index is 1.03. The van der Waals surface area contributed by atoms with Crippen molar-refractivity contribution >= 4 is 57.1 Å². The molecule has 0 bridgehead atoms. The molecule has 5 heteroatoms. The molecule has 2 aromatic carbocycles. The summed E-state index contributed by atoms with van der Waals surface area (Å²) in [7, 11) is 0. The molecule has 4 aromatic rings. The Labute approximate surface area is 159 Å². The lowest BCUT2D eigenvalue weighted by Gasteiger charge is -2.11. The summed E-state index contributed by atoms with van der Waals surface area (Å²) < 4.78 is 0. The second-order valence-corrected chi connectivity index (χ2v) is 8.15. The van der Waals surface area contributed by atoms with E-state index >= 15 is 0 Å². The Hall–Kier alpha value is -1.69. The average Bonchev–Trinajstić information content (AvgIpc) is 2.66. The van der Waals surface area contributed by atoms with Crippen LogP contribution < -0.4 is 0 Å². The number of nitrogens with zero attached hydrogens (tertiary/aromatic N) is 2. The van der Waals surface area contributed by atoms with E-state index in [9.17, 15) is 0 Å². The molecular formula is C20H16N2S3. The first-order valence-electron chi connectivity index (χ1n) is 7.84. The summed E-state index contributed by atoms with van der Waals surface area (Å²) in [5, 5.41) is 4.43. The highest BCUT2D eigenvalue weighted by atomic mass is 32.2. The molecule has 0 spiro atoms. The van der Waals surface area contributed by atoms with Crippen molar-refractivity contribution in [2.24, 2.45) is 0 Å². The number of benzene rings is 2. The quantitative estimate of drug-likeness (QED) is 0.383. The van der Waals surface area contributed by atoms with Crippen molar-refractivity contribution in [3.05, 3.63) is 60.7 Å². The molecule has 25 heavy (non-hydrogen) atoms. The van der Waals surface area contributed by atoms with Crippen molar-refractivity contribution in [3.63, 3.8) is 0 Å². The average molecular weight is 381 g/mol. The molecule has 0 atom stereocenters. The van der Waals surface area contributed by atoms with Gasteiger partial charge >= 0.3 is 0 Å². The normalized spacial score (nSPS) is 11.3. The van der Waals surface area contributed by atoms with Gasteiger partial charge in [-0.3, -0.25) is 0 Å². The first-order chi connectivity index (χ1) is 12.3. The van der Waals surface area contributed by atoms with Gasteiger partial charge in [-0.2, -0.15) is 0 Å². The molecule has 124 valence electrons. The molecule has 0 aliphatic rings. The van der Waals surface area contributed by atoms with Crippen molar-refractivity contribution in [2.75, 3.05) is 12.5 Å². The molecule has 2 aromatic heterocycles. The van der Waals surface area contributed by atoms with Gasteiger partial charge in [-0.15, -0.1) is 23.5 Å². The lowest BCUT2D eigenvalue weighted by atomic mass is 10.2. The van der Waals surface area contributed by atoms with Gasteiger partial charge in [0.1, 0.15) is 10.1 Å². The van der Waals surface area contributed by atoms with E-state index in [4.69, 9.17) is 9.97 Å². The fraction of sp³-hybridized carbons (Fsp3) is 0.100. The number of fused-ring (bicyclic) bond motifs is 2. The maximum absolute atomic E-state index is 4.90. The van der Waals surface area contributed by atoms with Crippen LogP contribution in [-0.4, -0.2) is 22.5 Å². The predicted octanol–water partition coefficient (Wildman–Crippen LogP) is 6.38. The van der Waals surface area contributed by atoms with E-state index in [0.29, 0.717) is 0 Å². The Balaban J connectivity index is 1.84. The summed E-state index contributed by atoms with van der Waals surface area (Å²) in [6.45, 7) is 0. The summed E-state index contributed by atoms with van der Waals surface area (Å²) in [5.74, 6) is 0. The summed E-state index contributed by atoms with van der Waals surface area (Å²) in [5.41, 5.74) is 2.06. The largest absolute Gasteiger partial charge is 0.240 e. The van der Waals surface area contributed by atoms with E-state index in [1.54, 1.807) is 35.3 Å². The zero-order valence-electron chi connectivity index (χ0n) is 13.9. The molecule has 0 saturated heterocycles. The predicted molar refractivity (Wildman–Crippen MR) is 111 cm³/mol. The lowest BCUT2D eigenvalue weighted by Crippen LogP contribution is -1.90. The van der Waals surface area contributed by atoms with Crippen LogP contribution in [0.15, 0.2) is 80.5 Å². The zero-order valence-corrected chi connectivity index (χ0v) is 16.3. The minimum Gasteiger partial charge on any atom is -0.240 e. The van der Waals surface area contributed by atoms with Crippen LogP contribution in [0.2, 0.25) is 0 Å². The van der Waals surface area contributed by atoms with Crippen molar-refractivity contribution in [1.82, 2.24) is 9.97 Å². The number of hydrogen-bond acceptors (Lipinski definition) is 5. The first kappa shape index (κ1) is 16.8. The molecule has 0 amide bonds. The number of thioether (sulfide) groups is 2. The maximum Gasteiger partial charge on any atom is 0.115 e. The number of para-hydroxylation sites is 2. The third-order valence-electron chi connectivity index (χ3n) is 3.93. The van der Waals surface area contributed by atoms with Gasteiger partial charge in [0.25, 0.3) is 0 Å². The molecule has 0 fully saturated rings. The minimum absolute atomic E-state index is 1.03. The molecule has 2 heterocycles. The molecule has 0 aliphatic carbocycles. The number of aromatic nitrogens is 2. The van der Waals surface area contributed by atoms with Crippen LogP contribution in [0.25, 0.3) is 21.8 Å². The van der Waals surface area contributed by atoms with Gasteiger partial charge in [0, 0.05) is 20.6 Å². The standard InChI is InChI=1S/C20H16N2S3/c1-23-17-11-13-7-3-6-10-16(13)22-20(17)25-18-12-14-8-4-5-9-15(14)21-19(18)24-2/h3-12H,1-2H3. The van der Waals surface area contributed by atoms with E-state index in [1.807, 2.05) is 12.1 Å². The molecule has 4 rings (SSSR count). The van der Waals surface area contributed by atoms with Crippen molar-refractivity contribution in [3.8, 4) is 0 Å². The molecule has 0 aliphatic heterocycles. The fourth-order valence-corrected chi connectivity index (χ4v) is 5.20. The Morgan fingerprint density at radius 1 is 0.640 bits per heavy atom. The van der Waals surface area contributed by atoms with Crippen molar-refractivity contribution < 1.29 is 0 Å². The van der Waals surface area contributed by atoms with Gasteiger partial charge < -0.3 is 0 Å². The Bertz CT molecular complexity index is 978. The molecule has 2 nitrogen and oxygen atoms in total. The molecule has 0 N–H and O–H groups in total. The zero-order chi connectivity index (χ0) is 17.2. The van der Waals surface area contributed by atoms with Gasteiger partial charge in [-0.25, -0.2) is 9.97 Å². The number of rotatable bonds is 4. The summed E-state index contributed by atoms with van der Waals surface area (Å²) in [6, 6.07) is 21.0. The van der Waals surface area contributed by atoms with E-state index in [-0.39, 0.29) is 0 Å². The lowest BCUT2D eigenvalue weighted by molar-refractivity contribution is 1.04. The number of hydrogen-bond donors (Lipinski definition) is 0. The van der Waals surface area contributed by atoms with Gasteiger partial charge in [0.15, 0.2) is 0 Å². The highest BCUT2D eigenvalue weighted by Crippen LogP contribution is 2.39.